The van der Waals surface area contributed by atoms with E-state index in [1.165, 1.54) is 0 Å². The van der Waals surface area contributed by atoms with E-state index >= 15 is 0 Å². The lowest BCUT2D eigenvalue weighted by Gasteiger charge is -2.14. The van der Waals surface area contributed by atoms with Crippen LogP contribution in [0.25, 0.3) is 0 Å². The molecule has 0 atom stereocenters. The molecule has 1 rings (SSSR count). The molecule has 21 heavy (non-hydrogen) atoms. The molecule has 0 aliphatic rings. The van der Waals surface area contributed by atoms with Crippen molar-refractivity contribution >= 4 is 17.4 Å². The van der Waals surface area contributed by atoms with Crippen molar-refractivity contribution in [3.8, 4) is 11.5 Å². The minimum absolute atomic E-state index is 0.324. The van der Waals surface area contributed by atoms with Crippen LogP contribution in [0.1, 0.15) is 52.0 Å². The average Bonchev–Trinajstić information content (AvgIpc) is 2.44. The van der Waals surface area contributed by atoms with E-state index in [1.807, 2.05) is 26.8 Å². The Hall–Kier alpha value is -1.22. The molecule has 3 nitrogen and oxygen atoms in total. The lowest BCUT2D eigenvalue weighted by Crippen LogP contribution is -2.01. The van der Waals surface area contributed by atoms with Gasteiger partial charge in [0.1, 0.15) is 5.78 Å². The second kappa shape index (κ2) is 9.67. The number of aryl methyl sites for hydroxylation is 1. The molecule has 0 saturated carbocycles. The van der Waals surface area contributed by atoms with Gasteiger partial charge >= 0.3 is 0 Å². The van der Waals surface area contributed by atoms with Crippen LogP contribution in [-0.2, 0) is 11.2 Å². The van der Waals surface area contributed by atoms with Crippen LogP contribution in [0, 0.1) is 0 Å². The van der Waals surface area contributed by atoms with Gasteiger partial charge in [-0.1, -0.05) is 18.5 Å². The average molecular weight is 313 g/mol. The highest BCUT2D eigenvalue weighted by Crippen LogP contribution is 2.34. The number of halogens is 1. The Labute approximate surface area is 132 Å². The van der Waals surface area contributed by atoms with Crippen LogP contribution in [0.2, 0.25) is 5.02 Å². The van der Waals surface area contributed by atoms with Crippen molar-refractivity contribution in [1.82, 2.24) is 0 Å². The summed E-state index contributed by atoms with van der Waals surface area (Å²) in [5.41, 5.74) is 1.01. The van der Waals surface area contributed by atoms with Crippen molar-refractivity contribution in [2.24, 2.45) is 0 Å². The maximum Gasteiger partial charge on any atom is 0.162 e. The number of carbonyl (C=O) groups is 1. The fraction of sp³-hybridized carbons (Fsp3) is 0.588. The normalized spacial score (nSPS) is 10.5. The number of ketones is 1. The molecule has 0 heterocycles. The van der Waals surface area contributed by atoms with E-state index in [4.69, 9.17) is 21.1 Å². The first-order valence-corrected chi connectivity index (χ1v) is 8.09. The molecule has 118 valence electrons. The maximum absolute atomic E-state index is 11.5. The van der Waals surface area contributed by atoms with Crippen molar-refractivity contribution < 1.29 is 14.3 Å². The lowest BCUT2D eigenvalue weighted by atomic mass is 10.0. The van der Waals surface area contributed by atoms with E-state index in [2.05, 4.69) is 0 Å². The summed E-state index contributed by atoms with van der Waals surface area (Å²) in [5, 5.41) is 0.671. The zero-order valence-corrected chi connectivity index (χ0v) is 14.0. The molecule has 0 N–H and O–H groups in total. The van der Waals surface area contributed by atoms with E-state index in [1.54, 1.807) is 6.07 Å². The van der Waals surface area contributed by atoms with Gasteiger partial charge in [0.05, 0.1) is 13.2 Å². The van der Waals surface area contributed by atoms with Gasteiger partial charge in [-0.2, -0.15) is 0 Å². The number of Topliss-reactive ketones (excluding diaryl/α,β-unsaturated/α-hetero) is 1. The molecular weight excluding hydrogens is 288 g/mol. The van der Waals surface area contributed by atoms with E-state index < -0.39 is 0 Å². The molecular formula is C17H25ClO3. The summed E-state index contributed by atoms with van der Waals surface area (Å²) in [6.45, 7) is 7.04. The van der Waals surface area contributed by atoms with Gasteiger partial charge in [0.2, 0.25) is 0 Å². The molecule has 0 aliphatic heterocycles. The lowest BCUT2D eigenvalue weighted by molar-refractivity contribution is -0.119. The number of carbonyl (C=O) groups excluding carboxylic acids is 1. The third-order valence-corrected chi connectivity index (χ3v) is 3.49. The monoisotopic (exact) mass is 312 g/mol. The summed E-state index contributed by atoms with van der Waals surface area (Å²) in [4.78, 5) is 11.5. The molecule has 4 heteroatoms. The van der Waals surface area contributed by atoms with Gasteiger partial charge in [0, 0.05) is 23.9 Å². The second-order valence-corrected chi connectivity index (χ2v) is 5.31. The quantitative estimate of drug-likeness (QED) is 0.621. The Balaban J connectivity index is 2.73. The predicted molar refractivity (Wildman–Crippen MR) is 86.6 cm³/mol. The van der Waals surface area contributed by atoms with Crippen molar-refractivity contribution in [3.63, 3.8) is 0 Å². The van der Waals surface area contributed by atoms with Crippen LogP contribution in [0.4, 0.5) is 0 Å². The summed E-state index contributed by atoms with van der Waals surface area (Å²) < 4.78 is 11.1. The molecule has 0 saturated heterocycles. The third-order valence-electron chi connectivity index (χ3n) is 3.14. The Morgan fingerprint density at radius 3 is 2.24 bits per heavy atom. The smallest absolute Gasteiger partial charge is 0.162 e. The predicted octanol–water partition coefficient (Wildman–Crippen LogP) is 4.83. The standard InChI is InChI=1S/C17H25ClO3/c1-4-8-14(19)10-7-9-13-11-16(20-5-2)17(21-6-3)12-15(13)18/h11-12H,4-10H2,1-3H3. The number of hydrogen-bond donors (Lipinski definition) is 0. The van der Waals surface area contributed by atoms with Crippen LogP contribution in [0.15, 0.2) is 12.1 Å². The van der Waals surface area contributed by atoms with Crippen molar-refractivity contribution in [3.05, 3.63) is 22.7 Å². The Morgan fingerprint density at radius 2 is 1.67 bits per heavy atom. The highest BCUT2D eigenvalue weighted by atomic mass is 35.5. The van der Waals surface area contributed by atoms with Gasteiger partial charge in [-0.05, 0) is 44.7 Å². The van der Waals surface area contributed by atoms with E-state index in [0.717, 1.165) is 30.6 Å². The third kappa shape index (κ3) is 5.96. The zero-order chi connectivity index (χ0) is 15.7. The summed E-state index contributed by atoms with van der Waals surface area (Å²) in [5.74, 6) is 1.72. The minimum atomic E-state index is 0.324. The van der Waals surface area contributed by atoms with Gasteiger partial charge in [0.25, 0.3) is 0 Å². The van der Waals surface area contributed by atoms with Gasteiger partial charge in [-0.3, -0.25) is 4.79 Å². The van der Waals surface area contributed by atoms with Crippen molar-refractivity contribution in [1.29, 1.82) is 0 Å². The number of ether oxygens (including phenoxy) is 2. The van der Waals surface area contributed by atoms with E-state index in [9.17, 15) is 4.79 Å². The van der Waals surface area contributed by atoms with Gasteiger partial charge < -0.3 is 9.47 Å². The Bertz CT molecular complexity index is 458. The summed E-state index contributed by atoms with van der Waals surface area (Å²) in [7, 11) is 0. The molecule has 0 amide bonds. The van der Waals surface area contributed by atoms with Crippen molar-refractivity contribution in [2.75, 3.05) is 13.2 Å². The number of hydrogen-bond acceptors (Lipinski definition) is 3. The van der Waals surface area contributed by atoms with Crippen molar-refractivity contribution in [2.45, 2.75) is 52.9 Å². The first-order valence-electron chi connectivity index (χ1n) is 7.72. The zero-order valence-electron chi connectivity index (χ0n) is 13.2. The van der Waals surface area contributed by atoms with Gasteiger partial charge in [-0.15, -0.1) is 0 Å². The molecule has 0 spiro atoms. The van der Waals surface area contributed by atoms with Crippen LogP contribution < -0.4 is 9.47 Å². The molecule has 0 aliphatic carbocycles. The molecule has 0 radical (unpaired) electrons. The number of rotatable bonds is 10. The van der Waals surface area contributed by atoms with Gasteiger partial charge in [-0.25, -0.2) is 0 Å². The molecule has 0 unspecified atom stereocenters. The van der Waals surface area contributed by atoms with Crippen LogP contribution in [-0.4, -0.2) is 19.0 Å². The molecule has 0 bridgehead atoms. The number of benzene rings is 1. The molecule has 1 aromatic carbocycles. The first-order chi connectivity index (χ1) is 10.1. The van der Waals surface area contributed by atoms with E-state index in [-0.39, 0.29) is 0 Å². The fourth-order valence-electron chi connectivity index (χ4n) is 2.19. The molecule has 1 aromatic rings. The minimum Gasteiger partial charge on any atom is -0.490 e. The summed E-state index contributed by atoms with van der Waals surface area (Å²) in [6, 6.07) is 3.74. The Morgan fingerprint density at radius 1 is 1.05 bits per heavy atom. The second-order valence-electron chi connectivity index (χ2n) is 4.90. The highest BCUT2D eigenvalue weighted by molar-refractivity contribution is 6.31. The van der Waals surface area contributed by atoms with Gasteiger partial charge in [0.15, 0.2) is 11.5 Å². The summed E-state index contributed by atoms with van der Waals surface area (Å²) in [6.07, 6.45) is 3.79. The van der Waals surface area contributed by atoms with E-state index in [0.29, 0.717) is 42.6 Å². The maximum atomic E-state index is 11.5. The molecule has 0 fully saturated rings. The topological polar surface area (TPSA) is 35.5 Å². The van der Waals surface area contributed by atoms with Crippen LogP contribution in [0.5, 0.6) is 11.5 Å². The Kier molecular flexibility index (Phi) is 8.21. The summed E-state index contributed by atoms with van der Waals surface area (Å²) >= 11 is 6.29. The SMILES string of the molecule is CCCC(=O)CCCc1cc(OCC)c(OCC)cc1Cl. The largest absolute Gasteiger partial charge is 0.490 e. The highest BCUT2D eigenvalue weighted by Gasteiger charge is 2.11. The first kappa shape index (κ1) is 17.8. The molecule has 0 aromatic heterocycles. The van der Waals surface area contributed by atoms with Crippen LogP contribution in [0.3, 0.4) is 0 Å². The fourth-order valence-corrected chi connectivity index (χ4v) is 2.43. The van der Waals surface area contributed by atoms with Crippen LogP contribution >= 0.6 is 11.6 Å².